The fourth-order valence-corrected chi connectivity index (χ4v) is 3.04. The third-order valence-corrected chi connectivity index (χ3v) is 3.97. The number of hydrogen-bond donors (Lipinski definition) is 0. The van der Waals surface area contributed by atoms with Crippen LogP contribution in [-0.4, -0.2) is 5.38 Å². The van der Waals surface area contributed by atoms with Crippen molar-refractivity contribution < 1.29 is 0 Å². The molecule has 0 bridgehead atoms. The van der Waals surface area contributed by atoms with Crippen LogP contribution in [0.2, 0.25) is 0 Å². The molecule has 0 radical (unpaired) electrons. The summed E-state index contributed by atoms with van der Waals surface area (Å²) in [6, 6.07) is 0. The van der Waals surface area contributed by atoms with E-state index in [4.69, 9.17) is 11.6 Å². The fraction of sp³-hybridized carbons (Fsp3) is 1.00. The van der Waals surface area contributed by atoms with E-state index in [1.807, 2.05) is 0 Å². The van der Waals surface area contributed by atoms with Gasteiger partial charge in [-0.2, -0.15) is 0 Å². The van der Waals surface area contributed by atoms with Gasteiger partial charge < -0.3 is 0 Å². The summed E-state index contributed by atoms with van der Waals surface area (Å²) in [5, 5.41) is 0.442. The predicted molar refractivity (Wildman–Crippen MR) is 64.9 cm³/mol. The standard InChI is InChI=1S/C13H25Cl/c1-3-5-13(14)9-8-12-7-4-6-11(2)10-12/h11-13H,3-10H2,1-2H3. The van der Waals surface area contributed by atoms with E-state index < -0.39 is 0 Å². The second-order valence-electron chi connectivity index (χ2n) is 5.10. The second kappa shape index (κ2) is 6.71. The zero-order valence-corrected chi connectivity index (χ0v) is 10.5. The Labute approximate surface area is 94.4 Å². The molecule has 0 aliphatic heterocycles. The van der Waals surface area contributed by atoms with E-state index in [1.165, 1.54) is 51.4 Å². The molecule has 14 heavy (non-hydrogen) atoms. The van der Waals surface area contributed by atoms with Crippen LogP contribution in [-0.2, 0) is 0 Å². The Kier molecular flexibility index (Phi) is 5.93. The van der Waals surface area contributed by atoms with Gasteiger partial charge in [-0.3, -0.25) is 0 Å². The largest absolute Gasteiger partial charge is 0.123 e. The highest BCUT2D eigenvalue weighted by atomic mass is 35.5. The molecule has 1 aliphatic carbocycles. The van der Waals surface area contributed by atoms with Crippen molar-refractivity contribution in [1.82, 2.24) is 0 Å². The van der Waals surface area contributed by atoms with Gasteiger partial charge in [0.25, 0.3) is 0 Å². The van der Waals surface area contributed by atoms with Crippen LogP contribution in [0.25, 0.3) is 0 Å². The van der Waals surface area contributed by atoms with Crippen molar-refractivity contribution in [1.29, 1.82) is 0 Å². The smallest absolute Gasteiger partial charge is 0.0336 e. The molecule has 1 aliphatic rings. The van der Waals surface area contributed by atoms with E-state index in [1.54, 1.807) is 0 Å². The van der Waals surface area contributed by atoms with Crippen LogP contribution in [0.1, 0.15) is 65.2 Å². The second-order valence-corrected chi connectivity index (χ2v) is 5.72. The highest BCUT2D eigenvalue weighted by molar-refractivity contribution is 6.20. The topological polar surface area (TPSA) is 0 Å². The minimum absolute atomic E-state index is 0.442. The van der Waals surface area contributed by atoms with Gasteiger partial charge in [0.05, 0.1) is 0 Å². The lowest BCUT2D eigenvalue weighted by Crippen LogP contribution is -2.14. The molecule has 0 aromatic heterocycles. The predicted octanol–water partition coefficient (Wildman–Crippen LogP) is 5.00. The Bertz CT molecular complexity index is 144. The maximum Gasteiger partial charge on any atom is 0.0336 e. The lowest BCUT2D eigenvalue weighted by atomic mass is 9.80. The highest BCUT2D eigenvalue weighted by Crippen LogP contribution is 2.32. The Hall–Kier alpha value is 0.290. The molecule has 0 heterocycles. The SMILES string of the molecule is CCCC(Cl)CCC1CCCC(C)C1. The molecule has 84 valence electrons. The van der Waals surface area contributed by atoms with Crippen molar-refractivity contribution in [2.75, 3.05) is 0 Å². The van der Waals surface area contributed by atoms with Gasteiger partial charge in [-0.1, -0.05) is 39.5 Å². The van der Waals surface area contributed by atoms with Crippen LogP contribution in [0.3, 0.4) is 0 Å². The maximum absolute atomic E-state index is 6.24. The number of rotatable bonds is 5. The molecule has 0 amide bonds. The molecular weight excluding hydrogens is 192 g/mol. The van der Waals surface area contributed by atoms with Gasteiger partial charge in [-0.15, -0.1) is 11.6 Å². The van der Waals surface area contributed by atoms with Crippen molar-refractivity contribution in [3.05, 3.63) is 0 Å². The Balaban J connectivity index is 2.10. The van der Waals surface area contributed by atoms with Crippen LogP contribution in [0.15, 0.2) is 0 Å². The molecule has 3 unspecified atom stereocenters. The van der Waals surface area contributed by atoms with Crippen LogP contribution in [0.4, 0.5) is 0 Å². The van der Waals surface area contributed by atoms with Gasteiger partial charge in [0.15, 0.2) is 0 Å². The minimum atomic E-state index is 0.442. The molecular formula is C13H25Cl. The number of halogens is 1. The third-order valence-electron chi connectivity index (χ3n) is 3.54. The molecule has 1 rings (SSSR count). The first kappa shape index (κ1) is 12.4. The van der Waals surface area contributed by atoms with Gasteiger partial charge in [0.2, 0.25) is 0 Å². The van der Waals surface area contributed by atoms with E-state index in [0.717, 1.165) is 11.8 Å². The molecule has 1 heteroatoms. The third kappa shape index (κ3) is 4.68. The molecule has 3 atom stereocenters. The first-order chi connectivity index (χ1) is 6.72. The van der Waals surface area contributed by atoms with E-state index in [0.29, 0.717) is 5.38 Å². The van der Waals surface area contributed by atoms with Gasteiger partial charge >= 0.3 is 0 Å². The molecule has 0 nitrogen and oxygen atoms in total. The Morgan fingerprint density at radius 3 is 2.71 bits per heavy atom. The summed E-state index contributed by atoms with van der Waals surface area (Å²) < 4.78 is 0. The van der Waals surface area contributed by atoms with Gasteiger partial charge in [0.1, 0.15) is 0 Å². The Morgan fingerprint density at radius 1 is 1.29 bits per heavy atom. The average Bonchev–Trinajstić information content (AvgIpc) is 2.15. The van der Waals surface area contributed by atoms with Crippen LogP contribution >= 0.6 is 11.6 Å². The molecule has 0 aromatic carbocycles. The van der Waals surface area contributed by atoms with Crippen LogP contribution < -0.4 is 0 Å². The first-order valence-electron chi connectivity index (χ1n) is 6.36. The van der Waals surface area contributed by atoms with Crippen LogP contribution in [0.5, 0.6) is 0 Å². The molecule has 0 spiro atoms. The average molecular weight is 217 g/mol. The number of hydrogen-bond acceptors (Lipinski definition) is 0. The molecule has 0 N–H and O–H groups in total. The Morgan fingerprint density at radius 2 is 2.07 bits per heavy atom. The summed E-state index contributed by atoms with van der Waals surface area (Å²) in [5.41, 5.74) is 0. The fourth-order valence-electron chi connectivity index (χ4n) is 2.70. The van der Waals surface area contributed by atoms with Gasteiger partial charge in [0, 0.05) is 5.38 Å². The first-order valence-corrected chi connectivity index (χ1v) is 6.80. The normalized spacial score (nSPS) is 30.2. The summed E-state index contributed by atoms with van der Waals surface area (Å²) in [6.07, 6.45) is 10.9. The number of alkyl halides is 1. The summed E-state index contributed by atoms with van der Waals surface area (Å²) in [4.78, 5) is 0. The molecule has 0 aromatic rings. The van der Waals surface area contributed by atoms with Crippen molar-refractivity contribution >= 4 is 11.6 Å². The quantitative estimate of drug-likeness (QED) is 0.568. The lowest BCUT2D eigenvalue weighted by Gasteiger charge is -2.27. The van der Waals surface area contributed by atoms with E-state index in [9.17, 15) is 0 Å². The maximum atomic E-state index is 6.24. The van der Waals surface area contributed by atoms with Crippen molar-refractivity contribution in [2.24, 2.45) is 11.8 Å². The van der Waals surface area contributed by atoms with Crippen molar-refractivity contribution in [3.8, 4) is 0 Å². The van der Waals surface area contributed by atoms with Crippen LogP contribution in [0, 0.1) is 11.8 Å². The lowest BCUT2D eigenvalue weighted by molar-refractivity contribution is 0.264. The summed E-state index contributed by atoms with van der Waals surface area (Å²) >= 11 is 6.24. The summed E-state index contributed by atoms with van der Waals surface area (Å²) in [6.45, 7) is 4.62. The summed E-state index contributed by atoms with van der Waals surface area (Å²) in [7, 11) is 0. The zero-order chi connectivity index (χ0) is 10.4. The van der Waals surface area contributed by atoms with E-state index in [-0.39, 0.29) is 0 Å². The molecule has 1 saturated carbocycles. The minimum Gasteiger partial charge on any atom is -0.123 e. The summed E-state index contributed by atoms with van der Waals surface area (Å²) in [5.74, 6) is 1.95. The monoisotopic (exact) mass is 216 g/mol. The zero-order valence-electron chi connectivity index (χ0n) is 9.77. The highest BCUT2D eigenvalue weighted by Gasteiger charge is 2.19. The van der Waals surface area contributed by atoms with Gasteiger partial charge in [-0.25, -0.2) is 0 Å². The van der Waals surface area contributed by atoms with Gasteiger partial charge in [-0.05, 0) is 37.5 Å². The van der Waals surface area contributed by atoms with Crippen molar-refractivity contribution in [3.63, 3.8) is 0 Å². The molecule has 1 fully saturated rings. The van der Waals surface area contributed by atoms with Crippen molar-refractivity contribution in [2.45, 2.75) is 70.6 Å². The molecule has 0 saturated heterocycles. The van der Waals surface area contributed by atoms with E-state index in [2.05, 4.69) is 13.8 Å². The van der Waals surface area contributed by atoms with E-state index >= 15 is 0 Å².